The van der Waals surface area contributed by atoms with Gasteiger partial charge in [0, 0.05) is 24.9 Å². The van der Waals surface area contributed by atoms with E-state index >= 15 is 4.39 Å². The number of benzene rings is 2. The Morgan fingerprint density at radius 1 is 0.978 bits per heavy atom. The SMILES string of the molecule is Cc1cc(-c2c(C)cc(F)cc2C)cc([C@@H](CCC(=O)[C@H]([SiH2]CC(C)C)n2nc(CCN(C)C)cc(C)c2=O)CC(=O)O)c1F. The molecule has 0 radical (unpaired) electrons. The Labute approximate surface area is 267 Å². The number of likely N-dealkylation sites (N-methyl/N-ethyl adjacent to an activating group) is 1. The summed E-state index contributed by atoms with van der Waals surface area (Å²) >= 11 is 0. The molecule has 0 saturated heterocycles. The minimum atomic E-state index is -1.13. The van der Waals surface area contributed by atoms with Gasteiger partial charge in [-0.05, 0) is 124 Å². The largest absolute Gasteiger partial charge is 0.481 e. The highest BCUT2D eigenvalue weighted by molar-refractivity contribution is 6.43. The van der Waals surface area contributed by atoms with Crippen molar-refractivity contribution in [2.75, 3.05) is 20.6 Å². The van der Waals surface area contributed by atoms with E-state index in [1.54, 1.807) is 45.9 Å². The smallest absolute Gasteiger partial charge is 0.303 e. The predicted molar refractivity (Wildman–Crippen MR) is 178 cm³/mol. The molecule has 2 atom stereocenters. The zero-order chi connectivity index (χ0) is 33.6. The maximum absolute atomic E-state index is 15.7. The number of aromatic nitrogens is 2. The predicted octanol–water partition coefficient (Wildman–Crippen LogP) is 5.88. The molecule has 1 heterocycles. The second-order valence-electron chi connectivity index (χ2n) is 13.0. The number of halogens is 2. The number of hydrogen-bond donors (Lipinski definition) is 1. The Morgan fingerprint density at radius 3 is 2.20 bits per heavy atom. The molecule has 0 saturated carbocycles. The standard InChI is InChI=1S/C35H47F2N3O4Si/c1-20(2)19-45-35(40-34(44)24(6)16-28(38-40)11-12-39(7)8)30(41)10-9-25(18-31(42)43)29-17-26(13-23(5)33(29)37)32-21(3)14-27(36)15-22(32)4/h13-17,20,25,35H,9-12,18-19,45H2,1-8H3,(H,42,43)/t25-,35-/m0/s1. The summed E-state index contributed by atoms with van der Waals surface area (Å²) < 4.78 is 31.1. The van der Waals surface area contributed by atoms with Gasteiger partial charge < -0.3 is 10.0 Å². The van der Waals surface area contributed by atoms with E-state index < -0.39 is 32.9 Å². The molecular weight excluding hydrogens is 592 g/mol. The van der Waals surface area contributed by atoms with Gasteiger partial charge in [-0.15, -0.1) is 0 Å². The van der Waals surface area contributed by atoms with Gasteiger partial charge in [0.2, 0.25) is 0 Å². The first kappa shape index (κ1) is 36.0. The van der Waals surface area contributed by atoms with Gasteiger partial charge in [-0.3, -0.25) is 14.4 Å². The molecule has 1 N–H and O–H groups in total. The van der Waals surface area contributed by atoms with Crippen molar-refractivity contribution in [2.24, 2.45) is 5.92 Å². The van der Waals surface area contributed by atoms with Gasteiger partial charge in [-0.1, -0.05) is 19.9 Å². The zero-order valence-electron chi connectivity index (χ0n) is 27.8. The van der Waals surface area contributed by atoms with Crippen molar-refractivity contribution in [1.29, 1.82) is 0 Å². The third-order valence-corrected chi connectivity index (χ3v) is 11.2. The number of ketones is 1. The van der Waals surface area contributed by atoms with Crippen molar-refractivity contribution >= 4 is 21.3 Å². The molecule has 45 heavy (non-hydrogen) atoms. The van der Waals surface area contributed by atoms with Gasteiger partial charge in [0.1, 0.15) is 11.6 Å². The van der Waals surface area contributed by atoms with Crippen LogP contribution in [0.3, 0.4) is 0 Å². The van der Waals surface area contributed by atoms with Crippen LogP contribution in [-0.2, 0) is 16.0 Å². The molecule has 0 bridgehead atoms. The minimum absolute atomic E-state index is 0.0138. The molecule has 244 valence electrons. The molecule has 7 nitrogen and oxygen atoms in total. The number of nitrogens with zero attached hydrogens (tertiary/aromatic N) is 3. The summed E-state index contributed by atoms with van der Waals surface area (Å²) in [7, 11) is 2.79. The number of rotatable bonds is 15. The van der Waals surface area contributed by atoms with Crippen molar-refractivity contribution in [3.05, 3.63) is 85.8 Å². The summed E-state index contributed by atoms with van der Waals surface area (Å²) in [5.74, 6) is -2.58. The first-order valence-corrected chi connectivity index (χ1v) is 17.5. The fraction of sp³-hybridized carbons (Fsp3) is 0.486. The number of carbonyl (C=O) groups excluding carboxylic acids is 1. The molecule has 0 fully saturated rings. The van der Waals surface area contributed by atoms with Crippen LogP contribution < -0.4 is 5.56 Å². The summed E-state index contributed by atoms with van der Waals surface area (Å²) in [6, 6.07) is 8.77. The molecule has 0 aliphatic heterocycles. The lowest BCUT2D eigenvalue weighted by atomic mass is 9.85. The third kappa shape index (κ3) is 9.50. The number of hydrogen-bond acceptors (Lipinski definition) is 5. The van der Waals surface area contributed by atoms with Crippen molar-refractivity contribution in [3.63, 3.8) is 0 Å². The van der Waals surface area contributed by atoms with Crippen LogP contribution in [0.5, 0.6) is 0 Å². The van der Waals surface area contributed by atoms with E-state index in [4.69, 9.17) is 0 Å². The van der Waals surface area contributed by atoms with Crippen molar-refractivity contribution in [2.45, 2.75) is 84.9 Å². The maximum atomic E-state index is 15.7. The quantitative estimate of drug-likeness (QED) is 0.209. The maximum Gasteiger partial charge on any atom is 0.303 e. The van der Waals surface area contributed by atoms with E-state index in [2.05, 4.69) is 18.9 Å². The van der Waals surface area contributed by atoms with Crippen LogP contribution in [0.4, 0.5) is 8.78 Å². The number of aliphatic carboxylic acids is 1. The summed E-state index contributed by atoms with van der Waals surface area (Å²) in [4.78, 5) is 41.2. The van der Waals surface area contributed by atoms with Crippen molar-refractivity contribution in [3.8, 4) is 11.1 Å². The van der Waals surface area contributed by atoms with E-state index in [1.165, 1.54) is 16.8 Å². The summed E-state index contributed by atoms with van der Waals surface area (Å²) in [5, 5.41) is 14.4. The summed E-state index contributed by atoms with van der Waals surface area (Å²) in [6.45, 7) is 11.8. The van der Waals surface area contributed by atoms with E-state index in [0.717, 1.165) is 23.8 Å². The highest BCUT2D eigenvalue weighted by Gasteiger charge is 2.28. The van der Waals surface area contributed by atoms with Gasteiger partial charge >= 0.3 is 5.97 Å². The van der Waals surface area contributed by atoms with E-state index in [1.807, 2.05) is 19.0 Å². The molecule has 2 aromatic carbocycles. The molecule has 10 heteroatoms. The topological polar surface area (TPSA) is 92.5 Å². The highest BCUT2D eigenvalue weighted by atomic mass is 28.2. The second-order valence-corrected chi connectivity index (χ2v) is 14.9. The lowest BCUT2D eigenvalue weighted by Crippen LogP contribution is -2.38. The first-order valence-electron chi connectivity index (χ1n) is 15.6. The van der Waals surface area contributed by atoms with Crippen molar-refractivity contribution in [1.82, 2.24) is 14.7 Å². The van der Waals surface area contributed by atoms with Crippen LogP contribution in [0.1, 0.15) is 78.2 Å². The minimum Gasteiger partial charge on any atom is -0.481 e. The molecule has 1 aromatic heterocycles. The average molecular weight is 640 g/mol. The van der Waals surface area contributed by atoms with Crippen LogP contribution in [0.15, 0.2) is 35.1 Å². The van der Waals surface area contributed by atoms with Crippen LogP contribution in [0.2, 0.25) is 6.04 Å². The first-order chi connectivity index (χ1) is 21.1. The molecule has 3 rings (SSSR count). The molecule has 0 aliphatic carbocycles. The summed E-state index contributed by atoms with van der Waals surface area (Å²) in [6.07, 6.45) is 0.358. The Balaban J connectivity index is 2.00. The highest BCUT2D eigenvalue weighted by Crippen LogP contribution is 2.36. The fourth-order valence-electron chi connectivity index (χ4n) is 5.95. The molecule has 0 aliphatic rings. The van der Waals surface area contributed by atoms with Crippen LogP contribution >= 0.6 is 0 Å². The van der Waals surface area contributed by atoms with Gasteiger partial charge in [0.25, 0.3) is 5.56 Å². The van der Waals surface area contributed by atoms with Gasteiger partial charge in [-0.25, -0.2) is 13.5 Å². The number of carboxylic acids is 1. The number of carboxylic acid groups (broad SMARTS) is 1. The van der Waals surface area contributed by atoms with Crippen LogP contribution in [-0.4, -0.2) is 61.7 Å². The second kappa shape index (κ2) is 15.7. The Bertz CT molecular complexity index is 1580. The molecule has 0 unspecified atom stereocenters. The average Bonchev–Trinajstić information content (AvgIpc) is 2.93. The van der Waals surface area contributed by atoms with Crippen LogP contribution in [0.25, 0.3) is 11.1 Å². The van der Waals surface area contributed by atoms with Crippen LogP contribution in [0, 0.1) is 45.2 Å². The molecular formula is C35H47F2N3O4Si. The Morgan fingerprint density at radius 2 is 1.62 bits per heavy atom. The number of carbonyl (C=O) groups is 2. The Hall–Kier alpha value is -3.50. The van der Waals surface area contributed by atoms with Crippen molar-refractivity contribution < 1.29 is 23.5 Å². The lowest BCUT2D eigenvalue weighted by molar-refractivity contribution is -0.137. The Kier molecular flexibility index (Phi) is 12.5. The number of aryl methyl sites for hydroxylation is 4. The van der Waals surface area contributed by atoms with E-state index in [0.29, 0.717) is 40.2 Å². The number of Topliss-reactive ketones (excluding diaryl/α,β-unsaturated/α-hetero) is 1. The lowest BCUT2D eigenvalue weighted by Gasteiger charge is -2.23. The molecule has 0 spiro atoms. The summed E-state index contributed by atoms with van der Waals surface area (Å²) in [5.41, 5.74) is 3.67. The van der Waals surface area contributed by atoms with Gasteiger partial charge in [0.05, 0.1) is 27.3 Å². The third-order valence-electron chi connectivity index (χ3n) is 8.33. The fourth-order valence-corrected chi connectivity index (χ4v) is 7.95. The molecule has 0 amide bonds. The molecule has 3 aromatic rings. The van der Waals surface area contributed by atoms with E-state index in [-0.39, 0.29) is 42.0 Å². The van der Waals surface area contributed by atoms with E-state index in [9.17, 15) is 23.9 Å². The zero-order valence-corrected chi connectivity index (χ0v) is 29.3. The van der Waals surface area contributed by atoms with Gasteiger partial charge in [-0.2, -0.15) is 5.10 Å². The normalized spacial score (nSPS) is 13.2. The van der Waals surface area contributed by atoms with Gasteiger partial charge in [0.15, 0.2) is 5.78 Å². The monoisotopic (exact) mass is 639 g/mol.